The number of halogens is 1. The van der Waals surface area contributed by atoms with E-state index >= 15 is 0 Å². The Kier molecular flexibility index (Phi) is 5.57. The summed E-state index contributed by atoms with van der Waals surface area (Å²) >= 11 is 3.51. The molecule has 0 aromatic heterocycles. The van der Waals surface area contributed by atoms with E-state index in [0.717, 1.165) is 17.4 Å². The minimum absolute atomic E-state index is 0.0748. The molecule has 0 radical (unpaired) electrons. The lowest BCUT2D eigenvalue weighted by Gasteiger charge is -2.38. The summed E-state index contributed by atoms with van der Waals surface area (Å²) in [5, 5.41) is 8.90. The monoisotopic (exact) mass is 341 g/mol. The van der Waals surface area contributed by atoms with Crippen LogP contribution >= 0.6 is 15.9 Å². The van der Waals surface area contributed by atoms with Crippen LogP contribution < -0.4 is 0 Å². The number of nitrogens with zero attached hydrogens (tertiary/aromatic N) is 1. The molecule has 0 spiro atoms. The molecule has 1 aromatic carbocycles. The van der Waals surface area contributed by atoms with Gasteiger partial charge in [-0.1, -0.05) is 35.0 Å². The van der Waals surface area contributed by atoms with Gasteiger partial charge in [-0.2, -0.15) is 0 Å². The fourth-order valence-electron chi connectivity index (χ4n) is 2.76. The van der Waals surface area contributed by atoms with Gasteiger partial charge in [-0.15, -0.1) is 0 Å². The maximum absolute atomic E-state index is 10.8. The van der Waals surface area contributed by atoms with Crippen molar-refractivity contribution in [2.75, 3.05) is 19.7 Å². The maximum Gasteiger partial charge on any atom is 0.306 e. The lowest BCUT2D eigenvalue weighted by Crippen LogP contribution is -2.44. The Labute approximate surface area is 127 Å². The van der Waals surface area contributed by atoms with Gasteiger partial charge in [0.15, 0.2) is 0 Å². The van der Waals surface area contributed by atoms with Crippen LogP contribution in [0.2, 0.25) is 0 Å². The number of ether oxygens (including phenoxy) is 1. The Morgan fingerprint density at radius 2 is 2.40 bits per heavy atom. The van der Waals surface area contributed by atoms with Crippen molar-refractivity contribution in [2.24, 2.45) is 0 Å². The summed E-state index contributed by atoms with van der Waals surface area (Å²) in [4.78, 5) is 13.2. The van der Waals surface area contributed by atoms with Crippen molar-refractivity contribution >= 4 is 21.9 Å². The number of benzene rings is 1. The van der Waals surface area contributed by atoms with Crippen LogP contribution in [0.4, 0.5) is 0 Å². The van der Waals surface area contributed by atoms with Gasteiger partial charge in [0.2, 0.25) is 0 Å². The number of hydrogen-bond acceptors (Lipinski definition) is 3. The molecular formula is C15H20BrNO3. The van der Waals surface area contributed by atoms with Gasteiger partial charge in [0, 0.05) is 23.6 Å². The zero-order chi connectivity index (χ0) is 14.5. The summed E-state index contributed by atoms with van der Waals surface area (Å²) in [5.41, 5.74) is 1.26. The molecule has 20 heavy (non-hydrogen) atoms. The zero-order valence-corrected chi connectivity index (χ0v) is 13.2. The molecule has 2 rings (SSSR count). The van der Waals surface area contributed by atoms with Gasteiger partial charge in [0.25, 0.3) is 0 Å². The largest absolute Gasteiger partial charge is 0.481 e. The number of carbonyl (C=O) groups is 1. The van der Waals surface area contributed by atoms with Crippen LogP contribution in [0.5, 0.6) is 0 Å². The number of aliphatic carboxylic acids is 1. The first-order valence-corrected chi connectivity index (χ1v) is 7.72. The fraction of sp³-hybridized carbons (Fsp3) is 0.533. The molecule has 2 unspecified atom stereocenters. The third kappa shape index (κ3) is 4.04. The number of morpholine rings is 1. The predicted molar refractivity (Wildman–Crippen MR) is 80.7 cm³/mol. The Morgan fingerprint density at radius 3 is 3.05 bits per heavy atom. The molecule has 0 aliphatic carbocycles. The minimum atomic E-state index is -0.799. The summed E-state index contributed by atoms with van der Waals surface area (Å²) < 4.78 is 6.61. The molecule has 0 saturated carbocycles. The van der Waals surface area contributed by atoms with E-state index in [1.54, 1.807) is 0 Å². The summed E-state index contributed by atoms with van der Waals surface area (Å²) in [6, 6.07) is 8.63. The second kappa shape index (κ2) is 7.20. The lowest BCUT2D eigenvalue weighted by atomic mass is 10.0. The summed E-state index contributed by atoms with van der Waals surface area (Å²) in [5.74, 6) is -0.799. The molecule has 1 N–H and O–H groups in total. The molecule has 1 heterocycles. The van der Waals surface area contributed by atoms with Crippen molar-refractivity contribution in [2.45, 2.75) is 31.9 Å². The van der Waals surface area contributed by atoms with Crippen LogP contribution in [0, 0.1) is 0 Å². The highest BCUT2D eigenvalue weighted by atomic mass is 79.9. The van der Waals surface area contributed by atoms with Gasteiger partial charge in [0.05, 0.1) is 19.1 Å². The first-order chi connectivity index (χ1) is 9.60. The predicted octanol–water partition coefficient (Wildman–Crippen LogP) is 3.08. The van der Waals surface area contributed by atoms with Gasteiger partial charge in [-0.3, -0.25) is 9.69 Å². The van der Waals surface area contributed by atoms with E-state index in [1.807, 2.05) is 12.1 Å². The van der Waals surface area contributed by atoms with E-state index in [2.05, 4.69) is 39.9 Å². The number of carboxylic acids is 1. The van der Waals surface area contributed by atoms with Crippen molar-refractivity contribution < 1.29 is 14.6 Å². The quantitative estimate of drug-likeness (QED) is 0.894. The molecule has 1 fully saturated rings. The van der Waals surface area contributed by atoms with E-state index in [-0.39, 0.29) is 12.5 Å². The van der Waals surface area contributed by atoms with Crippen LogP contribution in [0.3, 0.4) is 0 Å². The molecule has 4 nitrogen and oxygen atoms in total. The van der Waals surface area contributed by atoms with Gasteiger partial charge >= 0.3 is 5.97 Å². The number of hydrogen-bond donors (Lipinski definition) is 1. The first kappa shape index (κ1) is 15.5. The topological polar surface area (TPSA) is 49.8 Å². The highest BCUT2D eigenvalue weighted by molar-refractivity contribution is 9.10. The Morgan fingerprint density at radius 1 is 1.60 bits per heavy atom. The number of rotatable bonds is 5. The van der Waals surface area contributed by atoms with Crippen LogP contribution in [-0.4, -0.2) is 41.8 Å². The van der Waals surface area contributed by atoms with E-state index in [4.69, 9.17) is 9.84 Å². The Hall–Kier alpha value is -0.910. The normalized spacial score (nSPS) is 21.6. The minimum Gasteiger partial charge on any atom is -0.481 e. The molecule has 1 aromatic rings. The average molecular weight is 342 g/mol. The van der Waals surface area contributed by atoms with Crippen molar-refractivity contribution in [1.29, 1.82) is 0 Å². The lowest BCUT2D eigenvalue weighted by molar-refractivity contribution is -0.142. The van der Waals surface area contributed by atoms with Crippen LogP contribution in [0.25, 0.3) is 0 Å². The molecule has 1 saturated heterocycles. The van der Waals surface area contributed by atoms with Crippen LogP contribution in [-0.2, 0) is 9.53 Å². The standard InChI is InChI=1S/C15H20BrNO3/c1-2-14(11-4-3-5-12(16)8-11)17-6-7-20-13(10-17)9-15(18)19/h3-5,8,13-14H,2,6-7,9-10H2,1H3,(H,18,19). The molecule has 110 valence electrons. The summed E-state index contributed by atoms with van der Waals surface area (Å²) in [6.45, 7) is 4.29. The second-order valence-electron chi connectivity index (χ2n) is 5.06. The average Bonchev–Trinajstić information content (AvgIpc) is 2.39. The van der Waals surface area contributed by atoms with Gasteiger partial charge in [-0.25, -0.2) is 0 Å². The second-order valence-corrected chi connectivity index (χ2v) is 5.98. The van der Waals surface area contributed by atoms with Gasteiger partial charge in [0.1, 0.15) is 0 Å². The number of carboxylic acid groups (broad SMARTS) is 1. The summed E-state index contributed by atoms with van der Waals surface area (Å²) in [7, 11) is 0. The van der Waals surface area contributed by atoms with E-state index in [1.165, 1.54) is 5.56 Å². The third-order valence-electron chi connectivity index (χ3n) is 3.63. The zero-order valence-electron chi connectivity index (χ0n) is 11.6. The maximum atomic E-state index is 10.8. The Balaban J connectivity index is 2.09. The molecule has 0 bridgehead atoms. The smallest absolute Gasteiger partial charge is 0.306 e. The van der Waals surface area contributed by atoms with Crippen molar-refractivity contribution in [1.82, 2.24) is 4.90 Å². The molecule has 1 aliphatic heterocycles. The van der Waals surface area contributed by atoms with Gasteiger partial charge in [-0.05, 0) is 24.1 Å². The van der Waals surface area contributed by atoms with Crippen molar-refractivity contribution in [3.63, 3.8) is 0 Å². The highest BCUT2D eigenvalue weighted by Crippen LogP contribution is 2.28. The van der Waals surface area contributed by atoms with Crippen LogP contribution in [0.15, 0.2) is 28.7 Å². The van der Waals surface area contributed by atoms with E-state index in [0.29, 0.717) is 19.2 Å². The molecule has 1 aliphatic rings. The van der Waals surface area contributed by atoms with Crippen LogP contribution in [0.1, 0.15) is 31.4 Å². The molecule has 0 amide bonds. The SMILES string of the molecule is CCC(c1cccc(Br)c1)N1CCOC(CC(=O)O)C1. The fourth-order valence-corrected chi connectivity index (χ4v) is 3.18. The third-order valence-corrected chi connectivity index (χ3v) is 4.13. The van der Waals surface area contributed by atoms with Crippen molar-refractivity contribution in [3.05, 3.63) is 34.3 Å². The van der Waals surface area contributed by atoms with Gasteiger partial charge < -0.3 is 9.84 Å². The van der Waals surface area contributed by atoms with E-state index in [9.17, 15) is 4.79 Å². The molecule has 5 heteroatoms. The summed E-state index contributed by atoms with van der Waals surface area (Å²) in [6.07, 6.45) is 0.865. The Bertz CT molecular complexity index is 466. The highest BCUT2D eigenvalue weighted by Gasteiger charge is 2.27. The molecular weight excluding hydrogens is 322 g/mol. The molecule has 2 atom stereocenters. The van der Waals surface area contributed by atoms with E-state index < -0.39 is 5.97 Å². The first-order valence-electron chi connectivity index (χ1n) is 6.93. The van der Waals surface area contributed by atoms with Crippen molar-refractivity contribution in [3.8, 4) is 0 Å².